The quantitative estimate of drug-likeness (QED) is 0.515. The third-order valence-corrected chi connectivity index (χ3v) is 3.09. The Morgan fingerprint density at radius 2 is 2.10 bits per heavy atom. The van der Waals surface area contributed by atoms with Crippen LogP contribution in [0.4, 0.5) is 5.69 Å². The molecule has 20 heavy (non-hydrogen) atoms. The van der Waals surface area contributed by atoms with Crippen molar-refractivity contribution in [2.45, 2.75) is 17.1 Å². The third kappa shape index (κ3) is 3.06. The van der Waals surface area contributed by atoms with Crippen LogP contribution in [0.15, 0.2) is 34.6 Å². The van der Waals surface area contributed by atoms with Crippen LogP contribution in [0.25, 0.3) is 0 Å². The maximum Gasteiger partial charge on any atom is 0.354 e. The third-order valence-electron chi connectivity index (χ3n) is 2.22. The predicted molar refractivity (Wildman–Crippen MR) is 68.7 cm³/mol. The minimum Gasteiger partial charge on any atom is -0.477 e. The molecule has 2 aromatic heterocycles. The maximum absolute atomic E-state index is 10.9. The lowest BCUT2D eigenvalue weighted by Gasteiger charge is -2.02. The molecule has 8 nitrogen and oxygen atoms in total. The molecule has 2 heterocycles. The van der Waals surface area contributed by atoms with E-state index in [1.165, 1.54) is 6.20 Å². The largest absolute Gasteiger partial charge is 0.477 e. The molecule has 2 aromatic rings. The number of carboxylic acid groups (broad SMARTS) is 1. The first-order chi connectivity index (χ1) is 9.47. The Hall–Kier alpha value is -2.55. The Labute approximate surface area is 117 Å². The number of carbonyl (C=O) groups is 1. The minimum absolute atomic E-state index is 0.0551. The number of aromatic nitrogens is 3. The molecule has 0 saturated carbocycles. The summed E-state index contributed by atoms with van der Waals surface area (Å²) in [4.78, 5) is 33.0. The summed E-state index contributed by atoms with van der Waals surface area (Å²) in [6.45, 7) is 1.75. The summed E-state index contributed by atoms with van der Waals surface area (Å²) in [7, 11) is 0. The van der Waals surface area contributed by atoms with Gasteiger partial charge in [0.1, 0.15) is 5.69 Å². The number of pyridine rings is 1. The Kier molecular flexibility index (Phi) is 3.89. The van der Waals surface area contributed by atoms with Crippen LogP contribution in [0.3, 0.4) is 0 Å². The standard InChI is InChI=1S/C11H8N4O4S/c1-6-4-5-12-11(13-6)20-9-8(15(18)19)3-2-7(14-9)10(16)17/h2-5H,1H3,(H,16,17). The van der Waals surface area contributed by atoms with E-state index in [-0.39, 0.29) is 21.6 Å². The van der Waals surface area contributed by atoms with Crippen LogP contribution in [-0.2, 0) is 0 Å². The Balaban J connectivity index is 2.44. The van der Waals surface area contributed by atoms with Gasteiger partial charge in [-0.25, -0.2) is 19.7 Å². The van der Waals surface area contributed by atoms with Gasteiger partial charge in [0.2, 0.25) is 0 Å². The first-order valence-electron chi connectivity index (χ1n) is 5.33. The fraction of sp³-hybridized carbons (Fsp3) is 0.0909. The van der Waals surface area contributed by atoms with Crippen LogP contribution < -0.4 is 0 Å². The second kappa shape index (κ2) is 5.61. The normalized spacial score (nSPS) is 10.2. The Bertz CT molecular complexity index is 692. The van der Waals surface area contributed by atoms with Gasteiger partial charge in [0, 0.05) is 18.0 Å². The molecule has 0 radical (unpaired) electrons. The molecule has 102 valence electrons. The zero-order valence-electron chi connectivity index (χ0n) is 10.2. The van der Waals surface area contributed by atoms with E-state index >= 15 is 0 Å². The number of aromatic carboxylic acids is 1. The van der Waals surface area contributed by atoms with Crippen molar-refractivity contribution in [1.82, 2.24) is 15.0 Å². The van der Waals surface area contributed by atoms with Crippen LogP contribution >= 0.6 is 11.8 Å². The van der Waals surface area contributed by atoms with Crippen molar-refractivity contribution < 1.29 is 14.8 Å². The zero-order valence-corrected chi connectivity index (χ0v) is 11.0. The number of carboxylic acids is 1. The van der Waals surface area contributed by atoms with E-state index in [2.05, 4.69) is 15.0 Å². The first kappa shape index (κ1) is 13.9. The van der Waals surface area contributed by atoms with Gasteiger partial charge in [0.15, 0.2) is 10.2 Å². The van der Waals surface area contributed by atoms with E-state index in [0.717, 1.165) is 23.9 Å². The number of nitrogens with zero attached hydrogens (tertiary/aromatic N) is 4. The molecule has 0 aliphatic carbocycles. The smallest absolute Gasteiger partial charge is 0.354 e. The lowest BCUT2D eigenvalue weighted by molar-refractivity contribution is -0.388. The van der Waals surface area contributed by atoms with Gasteiger partial charge in [0.25, 0.3) is 0 Å². The molecule has 0 bridgehead atoms. The Morgan fingerprint density at radius 3 is 2.70 bits per heavy atom. The van der Waals surface area contributed by atoms with Gasteiger partial charge in [-0.15, -0.1) is 0 Å². The molecule has 0 aliphatic heterocycles. The second-order valence-corrected chi connectivity index (χ2v) is 4.62. The van der Waals surface area contributed by atoms with Crippen molar-refractivity contribution in [3.63, 3.8) is 0 Å². The van der Waals surface area contributed by atoms with Crippen LogP contribution in [0.1, 0.15) is 16.2 Å². The van der Waals surface area contributed by atoms with Crippen molar-refractivity contribution in [3.8, 4) is 0 Å². The monoisotopic (exact) mass is 292 g/mol. The predicted octanol–water partition coefficient (Wildman–Crippen LogP) is 1.94. The van der Waals surface area contributed by atoms with E-state index in [1.54, 1.807) is 13.0 Å². The van der Waals surface area contributed by atoms with Crippen LogP contribution in [-0.4, -0.2) is 31.0 Å². The molecule has 0 amide bonds. The summed E-state index contributed by atoms with van der Waals surface area (Å²) >= 11 is 0.850. The molecule has 0 fully saturated rings. The van der Waals surface area contributed by atoms with Gasteiger partial charge in [-0.05, 0) is 30.8 Å². The molecule has 0 aromatic carbocycles. The summed E-state index contributed by atoms with van der Waals surface area (Å²) in [6.07, 6.45) is 1.51. The highest BCUT2D eigenvalue weighted by Crippen LogP contribution is 2.31. The van der Waals surface area contributed by atoms with Gasteiger partial charge in [0.05, 0.1) is 4.92 Å². The van der Waals surface area contributed by atoms with E-state index in [1.807, 2.05) is 0 Å². The second-order valence-electron chi connectivity index (χ2n) is 3.67. The molecule has 0 spiro atoms. The molecule has 0 unspecified atom stereocenters. The minimum atomic E-state index is -1.26. The maximum atomic E-state index is 10.9. The number of nitro groups is 1. The zero-order chi connectivity index (χ0) is 14.7. The van der Waals surface area contributed by atoms with Gasteiger partial charge in [-0.2, -0.15) is 0 Å². The summed E-state index contributed by atoms with van der Waals surface area (Å²) in [5.41, 5.74) is 0.135. The number of rotatable bonds is 4. The van der Waals surface area contributed by atoms with E-state index in [0.29, 0.717) is 5.69 Å². The van der Waals surface area contributed by atoms with Gasteiger partial charge in [-0.1, -0.05) is 0 Å². The van der Waals surface area contributed by atoms with Gasteiger partial charge >= 0.3 is 11.7 Å². The van der Waals surface area contributed by atoms with E-state index in [4.69, 9.17) is 5.11 Å². The van der Waals surface area contributed by atoms with Crippen molar-refractivity contribution in [2.75, 3.05) is 0 Å². The SMILES string of the molecule is Cc1ccnc(Sc2nc(C(=O)O)ccc2[N+](=O)[O-])n1. The van der Waals surface area contributed by atoms with Crippen molar-refractivity contribution in [1.29, 1.82) is 0 Å². The fourth-order valence-electron chi connectivity index (χ4n) is 1.33. The number of aryl methyl sites for hydroxylation is 1. The molecule has 0 aliphatic rings. The topological polar surface area (TPSA) is 119 Å². The molecule has 1 N–H and O–H groups in total. The van der Waals surface area contributed by atoms with E-state index in [9.17, 15) is 14.9 Å². The molecular weight excluding hydrogens is 284 g/mol. The van der Waals surface area contributed by atoms with E-state index < -0.39 is 10.9 Å². The Morgan fingerprint density at radius 1 is 1.35 bits per heavy atom. The molecule has 0 saturated heterocycles. The molecule has 2 rings (SSSR count). The summed E-state index contributed by atoms with van der Waals surface area (Å²) in [6, 6.07) is 3.87. The highest BCUT2D eigenvalue weighted by atomic mass is 32.2. The molecule has 9 heteroatoms. The molecule has 0 atom stereocenters. The summed E-state index contributed by atoms with van der Waals surface area (Å²) in [5, 5.41) is 20.0. The summed E-state index contributed by atoms with van der Waals surface area (Å²) in [5.74, 6) is -1.26. The van der Waals surface area contributed by atoms with Crippen LogP contribution in [0, 0.1) is 17.0 Å². The van der Waals surface area contributed by atoms with Crippen molar-refractivity contribution >= 4 is 23.4 Å². The first-order valence-corrected chi connectivity index (χ1v) is 6.15. The summed E-state index contributed by atoms with van der Waals surface area (Å²) < 4.78 is 0. The van der Waals surface area contributed by atoms with Gasteiger partial charge in [-0.3, -0.25) is 10.1 Å². The number of hydrogen-bond donors (Lipinski definition) is 1. The lowest BCUT2D eigenvalue weighted by Crippen LogP contribution is -2.03. The lowest BCUT2D eigenvalue weighted by atomic mass is 10.3. The highest BCUT2D eigenvalue weighted by Gasteiger charge is 2.20. The molecular formula is C11H8N4O4S. The number of hydrogen-bond acceptors (Lipinski definition) is 7. The van der Waals surface area contributed by atoms with Crippen LogP contribution in [0.5, 0.6) is 0 Å². The average Bonchev–Trinajstić information content (AvgIpc) is 2.38. The van der Waals surface area contributed by atoms with Crippen molar-refractivity contribution in [3.05, 3.63) is 45.9 Å². The van der Waals surface area contributed by atoms with Crippen LogP contribution in [0.2, 0.25) is 0 Å². The fourth-order valence-corrected chi connectivity index (χ4v) is 2.20. The van der Waals surface area contributed by atoms with Crippen molar-refractivity contribution in [2.24, 2.45) is 0 Å². The highest BCUT2D eigenvalue weighted by molar-refractivity contribution is 7.99. The average molecular weight is 292 g/mol. The van der Waals surface area contributed by atoms with Gasteiger partial charge < -0.3 is 5.11 Å².